The summed E-state index contributed by atoms with van der Waals surface area (Å²) in [6.45, 7) is 6.39. The maximum absolute atomic E-state index is 13.6. The van der Waals surface area contributed by atoms with Gasteiger partial charge in [-0.1, -0.05) is 36.8 Å². The van der Waals surface area contributed by atoms with Gasteiger partial charge >= 0.3 is 0 Å². The summed E-state index contributed by atoms with van der Waals surface area (Å²) in [6, 6.07) is 13.1. The molecular formula is C29H34N4O4. The fourth-order valence-corrected chi connectivity index (χ4v) is 4.41. The van der Waals surface area contributed by atoms with Crippen LogP contribution in [-0.2, 0) is 11.2 Å². The first-order chi connectivity index (χ1) is 17.8. The van der Waals surface area contributed by atoms with Crippen molar-refractivity contribution in [1.29, 1.82) is 0 Å². The molecule has 1 N–H and O–H groups in total. The van der Waals surface area contributed by atoms with Crippen LogP contribution in [0.2, 0.25) is 0 Å². The van der Waals surface area contributed by atoms with Crippen molar-refractivity contribution in [1.82, 2.24) is 19.8 Å². The van der Waals surface area contributed by atoms with E-state index in [2.05, 4.69) is 9.97 Å². The number of aliphatic hydroxyl groups excluding tert-OH is 1. The van der Waals surface area contributed by atoms with Crippen molar-refractivity contribution in [2.24, 2.45) is 5.92 Å². The molecule has 0 bridgehead atoms. The van der Waals surface area contributed by atoms with Gasteiger partial charge in [0.2, 0.25) is 11.8 Å². The van der Waals surface area contributed by atoms with Crippen LogP contribution in [-0.4, -0.2) is 75.6 Å². The Morgan fingerprint density at radius 3 is 2.57 bits per heavy atom. The van der Waals surface area contributed by atoms with Gasteiger partial charge in [-0.3, -0.25) is 14.6 Å². The molecule has 37 heavy (non-hydrogen) atoms. The Kier molecular flexibility index (Phi) is 8.18. The molecule has 194 valence electrons. The summed E-state index contributed by atoms with van der Waals surface area (Å²) in [5.74, 6) is -0.141. The summed E-state index contributed by atoms with van der Waals surface area (Å²) in [5, 5.41) is 9.89. The summed E-state index contributed by atoms with van der Waals surface area (Å²) in [5.41, 5.74) is 4.14. The molecule has 8 heteroatoms. The maximum Gasteiger partial charge on any atom is 0.259 e. The molecule has 0 unspecified atom stereocenters. The number of benzene rings is 1. The molecule has 2 aromatic heterocycles. The van der Waals surface area contributed by atoms with Crippen molar-refractivity contribution in [2.75, 3.05) is 26.7 Å². The number of ether oxygens (including phenoxy) is 1. The smallest absolute Gasteiger partial charge is 0.259 e. The Labute approximate surface area is 217 Å². The van der Waals surface area contributed by atoms with E-state index in [9.17, 15) is 14.7 Å². The second-order valence-corrected chi connectivity index (χ2v) is 9.87. The topological polar surface area (TPSA) is 95.9 Å². The van der Waals surface area contributed by atoms with Gasteiger partial charge in [-0.25, -0.2) is 4.98 Å². The molecule has 3 atom stereocenters. The molecule has 0 spiro atoms. The van der Waals surface area contributed by atoms with Gasteiger partial charge in [0.25, 0.3) is 5.91 Å². The maximum atomic E-state index is 13.6. The minimum absolute atomic E-state index is 0.0383. The molecule has 0 fully saturated rings. The van der Waals surface area contributed by atoms with Gasteiger partial charge in [0.1, 0.15) is 11.7 Å². The van der Waals surface area contributed by atoms with Gasteiger partial charge in [-0.05, 0) is 43.2 Å². The quantitative estimate of drug-likeness (QED) is 0.532. The Morgan fingerprint density at radius 2 is 1.89 bits per heavy atom. The second kappa shape index (κ2) is 11.5. The highest BCUT2D eigenvalue weighted by atomic mass is 16.5. The molecule has 0 radical (unpaired) electrons. The van der Waals surface area contributed by atoms with Crippen LogP contribution in [0.4, 0.5) is 0 Å². The van der Waals surface area contributed by atoms with Crippen LogP contribution < -0.4 is 4.74 Å². The van der Waals surface area contributed by atoms with Crippen molar-refractivity contribution in [3.05, 3.63) is 77.7 Å². The first kappa shape index (κ1) is 26.3. The summed E-state index contributed by atoms with van der Waals surface area (Å²) < 4.78 is 6.34. The third-order valence-electron chi connectivity index (χ3n) is 6.89. The monoisotopic (exact) mass is 502 g/mol. The number of nitrogens with zero attached hydrogens (tertiary/aromatic N) is 4. The lowest BCUT2D eigenvalue weighted by Gasteiger charge is -2.37. The number of carbonyl (C=O) groups excluding carboxylic acids is 2. The minimum Gasteiger partial charge on any atom is -0.472 e. The standard InChI is InChI=1S/C29H34N4O4/c1-19-5-7-23(8-6-19)24-14-25-28(31-15-24)37-26(20(2)16-33(29(25)36)21(3)18-34)17-32(4)27(35)13-22-9-11-30-12-10-22/h5-12,14-15,20-21,26,34H,13,16-18H2,1-4H3/t20-,21-,26-/m0/s1. The molecule has 3 heterocycles. The molecule has 0 saturated heterocycles. The largest absolute Gasteiger partial charge is 0.472 e. The summed E-state index contributed by atoms with van der Waals surface area (Å²) >= 11 is 0. The molecule has 0 saturated carbocycles. The van der Waals surface area contributed by atoms with Gasteiger partial charge in [0, 0.05) is 43.7 Å². The van der Waals surface area contributed by atoms with Crippen LogP contribution in [0, 0.1) is 12.8 Å². The Balaban J connectivity index is 1.63. The highest BCUT2D eigenvalue weighted by molar-refractivity contribution is 5.98. The van der Waals surface area contributed by atoms with E-state index in [1.807, 2.05) is 57.2 Å². The van der Waals surface area contributed by atoms with E-state index in [4.69, 9.17) is 4.74 Å². The minimum atomic E-state index is -0.399. The van der Waals surface area contributed by atoms with E-state index in [0.717, 1.165) is 22.3 Å². The highest BCUT2D eigenvalue weighted by Crippen LogP contribution is 2.30. The zero-order valence-corrected chi connectivity index (χ0v) is 21.8. The average Bonchev–Trinajstić information content (AvgIpc) is 2.91. The molecule has 1 aliphatic rings. The summed E-state index contributed by atoms with van der Waals surface area (Å²) in [7, 11) is 1.76. The number of carbonyl (C=O) groups is 2. The Morgan fingerprint density at radius 1 is 1.19 bits per heavy atom. The number of hydrogen-bond acceptors (Lipinski definition) is 6. The highest BCUT2D eigenvalue weighted by Gasteiger charge is 2.34. The lowest BCUT2D eigenvalue weighted by molar-refractivity contribution is -0.130. The third kappa shape index (κ3) is 6.14. The van der Waals surface area contributed by atoms with Crippen LogP contribution in [0.3, 0.4) is 0 Å². The van der Waals surface area contributed by atoms with Crippen LogP contribution in [0.5, 0.6) is 5.88 Å². The van der Waals surface area contributed by atoms with E-state index in [-0.39, 0.29) is 42.7 Å². The van der Waals surface area contributed by atoms with Gasteiger partial charge in [0.05, 0.1) is 25.6 Å². The van der Waals surface area contributed by atoms with Crippen molar-refractivity contribution in [2.45, 2.75) is 39.3 Å². The normalized spacial score (nSPS) is 18.3. The van der Waals surface area contributed by atoms with Crippen molar-refractivity contribution in [3.8, 4) is 17.0 Å². The Hall–Kier alpha value is -3.78. The molecule has 0 aliphatic carbocycles. The molecular weight excluding hydrogens is 468 g/mol. The molecule has 8 nitrogen and oxygen atoms in total. The number of aryl methyl sites for hydroxylation is 1. The van der Waals surface area contributed by atoms with E-state index in [1.165, 1.54) is 0 Å². The number of rotatable bonds is 7. The molecule has 1 aliphatic heterocycles. The van der Waals surface area contributed by atoms with Gasteiger partial charge in [0.15, 0.2) is 0 Å². The van der Waals surface area contributed by atoms with E-state index >= 15 is 0 Å². The van der Waals surface area contributed by atoms with Crippen molar-refractivity contribution >= 4 is 11.8 Å². The van der Waals surface area contributed by atoms with Gasteiger partial charge in [-0.15, -0.1) is 0 Å². The number of amides is 2. The molecule has 1 aromatic carbocycles. The average molecular weight is 503 g/mol. The van der Waals surface area contributed by atoms with Crippen LogP contribution in [0.25, 0.3) is 11.1 Å². The van der Waals surface area contributed by atoms with E-state index < -0.39 is 6.10 Å². The lowest BCUT2D eigenvalue weighted by Crippen LogP contribution is -2.50. The van der Waals surface area contributed by atoms with Crippen molar-refractivity contribution in [3.63, 3.8) is 0 Å². The molecule has 4 rings (SSSR count). The number of aliphatic hydroxyl groups is 1. The second-order valence-electron chi connectivity index (χ2n) is 9.87. The number of aromatic nitrogens is 2. The first-order valence-electron chi connectivity index (χ1n) is 12.5. The SMILES string of the molecule is Cc1ccc(-c2cnc3c(c2)C(=O)N([C@@H](C)CO)C[C@H](C)[C@H](CN(C)C(=O)Cc2ccncc2)O3)cc1. The van der Waals surface area contributed by atoms with E-state index in [0.29, 0.717) is 18.7 Å². The molecule has 3 aromatic rings. The van der Waals surface area contributed by atoms with Crippen LogP contribution >= 0.6 is 0 Å². The fourth-order valence-electron chi connectivity index (χ4n) is 4.41. The predicted octanol–water partition coefficient (Wildman–Crippen LogP) is 3.37. The lowest BCUT2D eigenvalue weighted by atomic mass is 9.99. The van der Waals surface area contributed by atoms with Crippen LogP contribution in [0.1, 0.15) is 35.3 Å². The fraction of sp³-hybridized carbons (Fsp3) is 0.379. The van der Waals surface area contributed by atoms with Crippen molar-refractivity contribution < 1.29 is 19.4 Å². The van der Waals surface area contributed by atoms with Gasteiger partial charge < -0.3 is 19.6 Å². The summed E-state index contributed by atoms with van der Waals surface area (Å²) in [6.07, 6.45) is 4.91. The Bertz CT molecular complexity index is 1230. The number of pyridine rings is 2. The molecule has 2 amide bonds. The predicted molar refractivity (Wildman–Crippen MR) is 141 cm³/mol. The number of fused-ring (bicyclic) bond motifs is 1. The number of hydrogen-bond donors (Lipinski definition) is 1. The van der Waals surface area contributed by atoms with Gasteiger partial charge in [-0.2, -0.15) is 0 Å². The third-order valence-corrected chi connectivity index (χ3v) is 6.89. The number of likely N-dealkylation sites (N-methyl/N-ethyl adjacent to an activating group) is 1. The zero-order chi connectivity index (χ0) is 26.5. The van der Waals surface area contributed by atoms with E-state index in [1.54, 1.807) is 41.5 Å². The first-order valence-corrected chi connectivity index (χ1v) is 12.5. The summed E-state index contributed by atoms with van der Waals surface area (Å²) in [4.78, 5) is 38.5. The van der Waals surface area contributed by atoms with Crippen LogP contribution in [0.15, 0.2) is 61.1 Å². The zero-order valence-electron chi connectivity index (χ0n) is 21.8.